The Morgan fingerprint density at radius 2 is 1.91 bits per heavy atom. The zero-order chi connectivity index (χ0) is 15.5. The Hall–Kier alpha value is -2.22. The van der Waals surface area contributed by atoms with Crippen molar-refractivity contribution in [3.8, 4) is 17.3 Å². The van der Waals surface area contributed by atoms with Crippen molar-refractivity contribution in [2.24, 2.45) is 0 Å². The van der Waals surface area contributed by atoms with Crippen molar-refractivity contribution >= 4 is 34.3 Å². The lowest BCUT2D eigenvalue weighted by Gasteiger charge is -1.97. The second kappa shape index (κ2) is 6.27. The van der Waals surface area contributed by atoms with E-state index >= 15 is 0 Å². The Balaban J connectivity index is 1.93. The van der Waals surface area contributed by atoms with Gasteiger partial charge in [0.1, 0.15) is 11.1 Å². The molecule has 1 aromatic carbocycles. The summed E-state index contributed by atoms with van der Waals surface area (Å²) in [5.41, 5.74) is 3.84. The predicted octanol–water partition coefficient (Wildman–Crippen LogP) is 5.55. The lowest BCUT2D eigenvalue weighted by molar-refractivity contribution is 1.36. The van der Waals surface area contributed by atoms with E-state index in [4.69, 9.17) is 0 Å². The van der Waals surface area contributed by atoms with E-state index in [9.17, 15) is 5.26 Å². The molecule has 2 heterocycles. The van der Waals surface area contributed by atoms with Crippen LogP contribution in [0.5, 0.6) is 0 Å². The van der Waals surface area contributed by atoms with E-state index in [2.05, 4.69) is 55.2 Å². The van der Waals surface area contributed by atoms with Gasteiger partial charge in [0.05, 0.1) is 11.3 Å². The van der Waals surface area contributed by atoms with Crippen molar-refractivity contribution in [2.45, 2.75) is 13.8 Å². The van der Waals surface area contributed by atoms with Crippen LogP contribution in [0.1, 0.15) is 20.3 Å². The number of hydrogen-bond donors (Lipinski definition) is 0. The molecule has 4 heteroatoms. The Morgan fingerprint density at radius 3 is 2.55 bits per heavy atom. The van der Waals surface area contributed by atoms with Crippen LogP contribution in [-0.2, 0) is 0 Å². The fourth-order valence-corrected chi connectivity index (χ4v) is 3.68. The highest BCUT2D eigenvalue weighted by atomic mass is 32.1. The molecule has 0 N–H and O–H groups in total. The molecule has 0 aliphatic carbocycles. The van der Waals surface area contributed by atoms with Crippen molar-refractivity contribution in [2.75, 3.05) is 0 Å². The normalized spacial score (nSPS) is 11.4. The first kappa shape index (κ1) is 14.7. The first-order chi connectivity index (χ1) is 10.7. The summed E-state index contributed by atoms with van der Waals surface area (Å²) in [5.74, 6) is 0. The number of nitrogens with zero attached hydrogens (tertiary/aromatic N) is 2. The molecule has 22 heavy (non-hydrogen) atoms. The van der Waals surface area contributed by atoms with Crippen LogP contribution in [0.25, 0.3) is 22.9 Å². The van der Waals surface area contributed by atoms with Crippen molar-refractivity contribution in [3.05, 3.63) is 62.1 Å². The molecule has 3 rings (SSSR count). The largest absolute Gasteiger partial charge is 0.235 e. The smallest absolute Gasteiger partial charge is 0.134 e. The molecule has 0 saturated carbocycles. The monoisotopic (exact) mass is 322 g/mol. The third kappa shape index (κ3) is 3.16. The van der Waals surface area contributed by atoms with E-state index in [0.29, 0.717) is 5.57 Å². The van der Waals surface area contributed by atoms with Crippen LogP contribution in [0.4, 0.5) is 0 Å². The highest BCUT2D eigenvalue weighted by molar-refractivity contribution is 7.13. The van der Waals surface area contributed by atoms with E-state index < -0.39 is 0 Å². The van der Waals surface area contributed by atoms with Crippen LogP contribution in [0.2, 0.25) is 0 Å². The molecule has 0 fully saturated rings. The quantitative estimate of drug-likeness (QED) is 0.592. The van der Waals surface area contributed by atoms with Crippen LogP contribution in [-0.4, -0.2) is 4.98 Å². The summed E-state index contributed by atoms with van der Waals surface area (Å²) >= 11 is 3.19. The number of benzene rings is 1. The van der Waals surface area contributed by atoms with Gasteiger partial charge in [-0.2, -0.15) is 5.26 Å². The summed E-state index contributed by atoms with van der Waals surface area (Å²) < 4.78 is 0. The number of thiophene rings is 1. The minimum absolute atomic E-state index is 0.616. The molecule has 0 amide bonds. The third-order valence-electron chi connectivity index (χ3n) is 3.25. The third-order valence-corrected chi connectivity index (χ3v) is 5.07. The van der Waals surface area contributed by atoms with Crippen LogP contribution >= 0.6 is 22.7 Å². The predicted molar refractivity (Wildman–Crippen MR) is 94.8 cm³/mol. The zero-order valence-electron chi connectivity index (χ0n) is 12.3. The SMILES string of the molecule is Cc1ccc(-c2csc(C(C#N)=Cc3ccc(C)s3)n2)cc1. The molecule has 0 atom stereocenters. The Morgan fingerprint density at radius 1 is 1.14 bits per heavy atom. The number of rotatable bonds is 3. The maximum absolute atomic E-state index is 9.42. The van der Waals surface area contributed by atoms with E-state index in [1.54, 1.807) is 11.3 Å². The highest BCUT2D eigenvalue weighted by Gasteiger charge is 2.09. The molecular formula is C18H14N2S2. The number of hydrogen-bond acceptors (Lipinski definition) is 4. The van der Waals surface area contributed by atoms with E-state index in [1.807, 2.05) is 17.5 Å². The van der Waals surface area contributed by atoms with Crippen molar-refractivity contribution in [1.82, 2.24) is 4.98 Å². The maximum Gasteiger partial charge on any atom is 0.134 e. The molecular weight excluding hydrogens is 308 g/mol. The number of thiazole rings is 1. The standard InChI is InChI=1S/C18H14N2S2/c1-12-3-6-14(7-4-12)17-11-21-18(20-17)15(10-19)9-16-8-5-13(2)22-16/h3-9,11H,1-2H3. The van der Waals surface area contributed by atoms with Crippen LogP contribution < -0.4 is 0 Å². The average molecular weight is 322 g/mol. The second-order valence-corrected chi connectivity index (χ2v) is 7.20. The van der Waals surface area contributed by atoms with Crippen molar-refractivity contribution in [1.29, 1.82) is 5.26 Å². The summed E-state index contributed by atoms with van der Waals surface area (Å²) in [6.07, 6.45) is 1.91. The molecule has 3 aromatic rings. The van der Waals surface area contributed by atoms with Gasteiger partial charge in [-0.1, -0.05) is 29.8 Å². The summed E-state index contributed by atoms with van der Waals surface area (Å²) in [4.78, 5) is 6.94. The molecule has 0 bridgehead atoms. The molecule has 108 valence electrons. The number of allylic oxidation sites excluding steroid dienone is 1. The van der Waals surface area contributed by atoms with Gasteiger partial charge in [-0.05, 0) is 32.1 Å². The molecule has 0 aliphatic heterocycles. The number of nitriles is 1. The van der Waals surface area contributed by atoms with Crippen LogP contribution in [0.3, 0.4) is 0 Å². The van der Waals surface area contributed by atoms with Gasteiger partial charge in [-0.15, -0.1) is 22.7 Å². The molecule has 0 saturated heterocycles. The van der Waals surface area contributed by atoms with Gasteiger partial charge in [0, 0.05) is 20.7 Å². The molecule has 0 unspecified atom stereocenters. The summed E-state index contributed by atoms with van der Waals surface area (Å²) in [7, 11) is 0. The van der Waals surface area contributed by atoms with E-state index in [1.165, 1.54) is 21.8 Å². The number of aryl methyl sites for hydroxylation is 2. The van der Waals surface area contributed by atoms with E-state index in [-0.39, 0.29) is 0 Å². The first-order valence-electron chi connectivity index (χ1n) is 6.87. The second-order valence-electron chi connectivity index (χ2n) is 5.02. The van der Waals surface area contributed by atoms with E-state index in [0.717, 1.165) is 21.1 Å². The lowest BCUT2D eigenvalue weighted by Crippen LogP contribution is -1.82. The molecule has 2 aromatic heterocycles. The van der Waals surface area contributed by atoms with Gasteiger partial charge in [0.15, 0.2) is 0 Å². The lowest BCUT2D eigenvalue weighted by atomic mass is 10.1. The van der Waals surface area contributed by atoms with Gasteiger partial charge in [-0.25, -0.2) is 4.98 Å². The first-order valence-corrected chi connectivity index (χ1v) is 8.56. The minimum atomic E-state index is 0.616. The molecule has 2 nitrogen and oxygen atoms in total. The van der Waals surface area contributed by atoms with Crippen LogP contribution in [0, 0.1) is 25.2 Å². The fourth-order valence-electron chi connectivity index (χ4n) is 2.07. The van der Waals surface area contributed by atoms with Gasteiger partial charge < -0.3 is 0 Å². The summed E-state index contributed by atoms with van der Waals surface area (Å²) in [6, 6.07) is 14.6. The highest BCUT2D eigenvalue weighted by Crippen LogP contribution is 2.28. The number of aromatic nitrogens is 1. The van der Waals surface area contributed by atoms with Crippen LogP contribution in [0.15, 0.2) is 41.8 Å². The van der Waals surface area contributed by atoms with Gasteiger partial charge in [0.25, 0.3) is 0 Å². The fraction of sp³-hybridized carbons (Fsp3) is 0.111. The van der Waals surface area contributed by atoms with Crippen molar-refractivity contribution in [3.63, 3.8) is 0 Å². The zero-order valence-corrected chi connectivity index (χ0v) is 14.0. The summed E-state index contributed by atoms with van der Waals surface area (Å²) in [5, 5.41) is 12.2. The molecule has 0 spiro atoms. The Labute approximate surface area is 138 Å². The Kier molecular flexibility index (Phi) is 4.19. The van der Waals surface area contributed by atoms with Gasteiger partial charge in [0.2, 0.25) is 0 Å². The molecule has 0 radical (unpaired) electrons. The Bertz CT molecular complexity index is 861. The topological polar surface area (TPSA) is 36.7 Å². The van der Waals surface area contributed by atoms with Gasteiger partial charge in [-0.3, -0.25) is 0 Å². The van der Waals surface area contributed by atoms with Gasteiger partial charge >= 0.3 is 0 Å². The maximum atomic E-state index is 9.42. The molecule has 0 aliphatic rings. The average Bonchev–Trinajstić information content (AvgIpc) is 3.15. The summed E-state index contributed by atoms with van der Waals surface area (Å²) in [6.45, 7) is 4.13. The minimum Gasteiger partial charge on any atom is -0.235 e. The van der Waals surface area contributed by atoms with Crippen molar-refractivity contribution < 1.29 is 0 Å².